The van der Waals surface area contributed by atoms with E-state index < -0.39 is 0 Å². The van der Waals surface area contributed by atoms with E-state index in [1.807, 2.05) is 0 Å². The van der Waals surface area contributed by atoms with Crippen LogP contribution in [0.25, 0.3) is 0 Å². The molecule has 1 aromatic heterocycles. The van der Waals surface area contributed by atoms with Crippen LogP contribution in [0.4, 0.5) is 0 Å². The van der Waals surface area contributed by atoms with Gasteiger partial charge in [-0.05, 0) is 48.2 Å². The molecule has 2 unspecified atom stereocenters. The van der Waals surface area contributed by atoms with Gasteiger partial charge in [-0.2, -0.15) is 11.3 Å². The van der Waals surface area contributed by atoms with Gasteiger partial charge < -0.3 is 5.32 Å². The summed E-state index contributed by atoms with van der Waals surface area (Å²) in [5.74, 6) is 1.27. The maximum Gasteiger partial charge on any atom is 0.0263 e. The molecule has 0 bridgehead atoms. The lowest BCUT2D eigenvalue weighted by atomic mass is 10.1. The number of halogens is 1. The van der Waals surface area contributed by atoms with Crippen molar-refractivity contribution in [3.05, 3.63) is 22.4 Å². The minimum Gasteiger partial charge on any atom is -0.314 e. The zero-order chi connectivity index (χ0) is 10.4. The summed E-state index contributed by atoms with van der Waals surface area (Å²) in [7, 11) is 0. The van der Waals surface area contributed by atoms with Gasteiger partial charge in [0, 0.05) is 11.9 Å². The zero-order valence-electron chi connectivity index (χ0n) is 8.79. The van der Waals surface area contributed by atoms with E-state index in [2.05, 4.69) is 36.0 Å². The van der Waals surface area contributed by atoms with E-state index in [0.717, 1.165) is 18.8 Å². The zero-order valence-corrected chi connectivity index (χ0v) is 10.4. The number of hydrogen-bond donors (Lipinski definition) is 1. The van der Waals surface area contributed by atoms with Gasteiger partial charge in [-0.1, -0.05) is 6.92 Å². The van der Waals surface area contributed by atoms with Crippen LogP contribution in [0.15, 0.2) is 16.8 Å². The summed E-state index contributed by atoms with van der Waals surface area (Å²) in [5, 5.41) is 7.82. The van der Waals surface area contributed by atoms with Gasteiger partial charge in [-0.25, -0.2) is 0 Å². The summed E-state index contributed by atoms with van der Waals surface area (Å²) < 4.78 is 0. The molecule has 0 spiro atoms. The number of rotatable bonds is 6. The first kappa shape index (κ1) is 12.0. The van der Waals surface area contributed by atoms with E-state index in [0.29, 0.717) is 12.0 Å². The van der Waals surface area contributed by atoms with Crippen molar-refractivity contribution in [2.75, 3.05) is 12.4 Å². The second-order valence-corrected chi connectivity index (χ2v) is 4.84. The average Bonchev–Trinajstić information content (AvgIpc) is 2.69. The minimum absolute atomic E-state index is 0.506. The Morgan fingerprint density at radius 1 is 1.50 bits per heavy atom. The van der Waals surface area contributed by atoms with E-state index in [1.54, 1.807) is 11.3 Å². The van der Waals surface area contributed by atoms with Gasteiger partial charge in [0.2, 0.25) is 0 Å². The topological polar surface area (TPSA) is 12.0 Å². The van der Waals surface area contributed by atoms with Gasteiger partial charge in [-0.3, -0.25) is 0 Å². The number of alkyl halides is 1. The first-order chi connectivity index (χ1) is 6.74. The molecule has 1 rings (SSSR count). The van der Waals surface area contributed by atoms with E-state index >= 15 is 0 Å². The van der Waals surface area contributed by atoms with Crippen molar-refractivity contribution in [3.8, 4) is 0 Å². The van der Waals surface area contributed by atoms with Crippen molar-refractivity contribution < 1.29 is 0 Å². The Labute approximate surface area is 95.5 Å². The van der Waals surface area contributed by atoms with E-state index in [4.69, 9.17) is 11.6 Å². The van der Waals surface area contributed by atoms with Crippen LogP contribution in [0.2, 0.25) is 0 Å². The third-order valence-electron chi connectivity index (χ3n) is 2.56. The Kier molecular flexibility index (Phi) is 5.53. The second kappa shape index (κ2) is 6.44. The smallest absolute Gasteiger partial charge is 0.0263 e. The highest BCUT2D eigenvalue weighted by molar-refractivity contribution is 7.07. The predicted octanol–water partition coefficient (Wildman–Crippen LogP) is 3.14. The third kappa shape index (κ3) is 3.99. The fourth-order valence-corrected chi connectivity index (χ4v) is 2.18. The molecule has 0 aliphatic rings. The van der Waals surface area contributed by atoms with Gasteiger partial charge in [0.25, 0.3) is 0 Å². The van der Waals surface area contributed by atoms with Crippen molar-refractivity contribution in [1.82, 2.24) is 5.32 Å². The first-order valence-electron chi connectivity index (χ1n) is 5.04. The van der Waals surface area contributed by atoms with Crippen LogP contribution in [0, 0.1) is 5.92 Å². The third-order valence-corrected chi connectivity index (χ3v) is 3.78. The summed E-state index contributed by atoms with van der Waals surface area (Å²) >= 11 is 7.55. The molecule has 0 aliphatic carbocycles. The maximum absolute atomic E-state index is 5.79. The van der Waals surface area contributed by atoms with Crippen LogP contribution in [0.3, 0.4) is 0 Å². The molecule has 0 fully saturated rings. The molecule has 0 amide bonds. The van der Waals surface area contributed by atoms with E-state index in [1.165, 1.54) is 5.56 Å². The Morgan fingerprint density at radius 3 is 2.86 bits per heavy atom. The van der Waals surface area contributed by atoms with Crippen molar-refractivity contribution in [2.24, 2.45) is 5.92 Å². The van der Waals surface area contributed by atoms with Crippen molar-refractivity contribution >= 4 is 22.9 Å². The molecule has 2 atom stereocenters. The SMILES string of the molecule is CC(CCl)C(C)NCCc1ccsc1. The molecule has 14 heavy (non-hydrogen) atoms. The highest BCUT2D eigenvalue weighted by atomic mass is 35.5. The first-order valence-corrected chi connectivity index (χ1v) is 6.52. The van der Waals surface area contributed by atoms with Crippen molar-refractivity contribution in [1.29, 1.82) is 0 Å². The van der Waals surface area contributed by atoms with Crippen LogP contribution < -0.4 is 5.32 Å². The molecule has 0 saturated carbocycles. The van der Waals surface area contributed by atoms with Crippen molar-refractivity contribution in [2.45, 2.75) is 26.3 Å². The molecule has 0 saturated heterocycles. The highest BCUT2D eigenvalue weighted by Gasteiger charge is 2.09. The number of hydrogen-bond acceptors (Lipinski definition) is 2. The molecule has 80 valence electrons. The lowest BCUT2D eigenvalue weighted by Crippen LogP contribution is -2.34. The van der Waals surface area contributed by atoms with Gasteiger partial charge in [-0.15, -0.1) is 11.6 Å². The maximum atomic E-state index is 5.79. The molecular formula is C11H18ClNS. The van der Waals surface area contributed by atoms with Crippen LogP contribution in [0.5, 0.6) is 0 Å². The van der Waals surface area contributed by atoms with Crippen LogP contribution >= 0.6 is 22.9 Å². The van der Waals surface area contributed by atoms with Gasteiger partial charge in [0.05, 0.1) is 0 Å². The molecule has 1 nitrogen and oxygen atoms in total. The Bertz CT molecular complexity index is 235. The fourth-order valence-electron chi connectivity index (χ4n) is 1.21. The molecule has 0 aliphatic heterocycles. The fraction of sp³-hybridized carbons (Fsp3) is 0.636. The van der Waals surface area contributed by atoms with Crippen molar-refractivity contribution in [3.63, 3.8) is 0 Å². The normalized spacial score (nSPS) is 15.4. The average molecular weight is 232 g/mol. The van der Waals surface area contributed by atoms with Gasteiger partial charge >= 0.3 is 0 Å². The van der Waals surface area contributed by atoms with E-state index in [9.17, 15) is 0 Å². The summed E-state index contributed by atoms with van der Waals surface area (Å²) in [5.41, 5.74) is 1.42. The lowest BCUT2D eigenvalue weighted by molar-refractivity contribution is 0.434. The molecule has 0 radical (unpaired) electrons. The summed E-state index contributed by atoms with van der Waals surface area (Å²) in [6.45, 7) is 5.41. The highest BCUT2D eigenvalue weighted by Crippen LogP contribution is 2.07. The second-order valence-electron chi connectivity index (χ2n) is 3.76. The van der Waals surface area contributed by atoms with Crippen LogP contribution in [-0.4, -0.2) is 18.5 Å². The molecule has 0 aromatic carbocycles. The minimum atomic E-state index is 0.506. The summed E-state index contributed by atoms with van der Waals surface area (Å²) in [4.78, 5) is 0. The molecule has 3 heteroatoms. The van der Waals surface area contributed by atoms with Gasteiger partial charge in [0.15, 0.2) is 0 Å². The summed E-state index contributed by atoms with van der Waals surface area (Å²) in [6.07, 6.45) is 1.11. The van der Waals surface area contributed by atoms with E-state index in [-0.39, 0.29) is 0 Å². The Hall–Kier alpha value is -0.0500. The largest absolute Gasteiger partial charge is 0.314 e. The quantitative estimate of drug-likeness (QED) is 0.742. The van der Waals surface area contributed by atoms with Gasteiger partial charge in [0.1, 0.15) is 0 Å². The van der Waals surface area contributed by atoms with Crippen LogP contribution in [0.1, 0.15) is 19.4 Å². The monoisotopic (exact) mass is 231 g/mol. The molecule has 1 N–H and O–H groups in total. The molecular weight excluding hydrogens is 214 g/mol. The standard InChI is InChI=1S/C11H18ClNS/c1-9(7-12)10(2)13-5-3-11-4-6-14-8-11/h4,6,8-10,13H,3,5,7H2,1-2H3. The number of thiophene rings is 1. The lowest BCUT2D eigenvalue weighted by Gasteiger charge is -2.18. The predicted molar refractivity (Wildman–Crippen MR) is 65.4 cm³/mol. The summed E-state index contributed by atoms with van der Waals surface area (Å²) in [6, 6.07) is 2.69. The molecule has 1 aromatic rings. The number of nitrogens with one attached hydrogen (secondary N) is 1. The van der Waals surface area contributed by atoms with Crippen LogP contribution in [-0.2, 0) is 6.42 Å². The molecule has 1 heterocycles. The Balaban J connectivity index is 2.15. The Morgan fingerprint density at radius 2 is 2.29 bits per heavy atom.